The first kappa shape index (κ1) is 12.2. The van der Waals surface area contributed by atoms with Crippen LogP contribution in [0, 0.1) is 5.92 Å². The van der Waals surface area contributed by atoms with E-state index in [1.165, 1.54) is 26.4 Å². The van der Waals surface area contributed by atoms with Crippen molar-refractivity contribution in [2.45, 2.75) is 38.8 Å². The maximum Gasteiger partial charge on any atom is 0.354 e. The van der Waals surface area contributed by atoms with Gasteiger partial charge in [0.15, 0.2) is 0 Å². The van der Waals surface area contributed by atoms with Crippen molar-refractivity contribution in [3.05, 3.63) is 23.5 Å². The summed E-state index contributed by atoms with van der Waals surface area (Å²) in [4.78, 5) is 14.3. The smallest absolute Gasteiger partial charge is 0.354 e. The third-order valence-corrected chi connectivity index (χ3v) is 3.29. The van der Waals surface area contributed by atoms with Gasteiger partial charge in [0, 0.05) is 18.3 Å². The van der Waals surface area contributed by atoms with Gasteiger partial charge in [-0.25, -0.2) is 4.79 Å². The van der Waals surface area contributed by atoms with Crippen LogP contribution in [0.15, 0.2) is 12.1 Å². The minimum atomic E-state index is -0.313. The maximum atomic E-state index is 11.2. The second kappa shape index (κ2) is 5.36. The van der Waals surface area contributed by atoms with Gasteiger partial charge >= 0.3 is 5.97 Å². The first-order valence-electron chi connectivity index (χ1n) is 6.24. The Labute approximate surface area is 102 Å². The van der Waals surface area contributed by atoms with Crippen LogP contribution in [0.1, 0.15) is 42.4 Å². The summed E-state index contributed by atoms with van der Waals surface area (Å²) in [6.45, 7) is 3.02. The van der Waals surface area contributed by atoms with Gasteiger partial charge in [-0.15, -0.1) is 0 Å². The highest BCUT2D eigenvalue weighted by Crippen LogP contribution is 2.34. The number of rotatable bonds is 6. The second-order valence-electron chi connectivity index (χ2n) is 4.66. The predicted molar refractivity (Wildman–Crippen MR) is 65.8 cm³/mol. The normalized spacial score (nSPS) is 22.5. The number of hydrogen-bond donors (Lipinski definition) is 2. The number of aromatic amines is 1. The quantitative estimate of drug-likeness (QED) is 0.743. The van der Waals surface area contributed by atoms with E-state index in [9.17, 15) is 4.79 Å². The SMILES string of the molecule is CCCC1CC1NCc1ccc(C(=O)OC)[nH]1. The van der Waals surface area contributed by atoms with E-state index >= 15 is 0 Å². The largest absolute Gasteiger partial charge is 0.464 e. The fraction of sp³-hybridized carbons (Fsp3) is 0.615. The summed E-state index contributed by atoms with van der Waals surface area (Å²) in [5.41, 5.74) is 1.55. The molecule has 0 spiro atoms. The van der Waals surface area contributed by atoms with Crippen LogP contribution in [0.2, 0.25) is 0 Å². The number of esters is 1. The molecule has 2 unspecified atom stereocenters. The van der Waals surface area contributed by atoms with E-state index < -0.39 is 0 Å². The van der Waals surface area contributed by atoms with E-state index in [4.69, 9.17) is 0 Å². The molecule has 1 aromatic heterocycles. The highest BCUT2D eigenvalue weighted by molar-refractivity contribution is 5.87. The molecule has 1 aliphatic rings. The molecule has 17 heavy (non-hydrogen) atoms. The van der Waals surface area contributed by atoms with Gasteiger partial charge in [-0.2, -0.15) is 0 Å². The highest BCUT2D eigenvalue weighted by Gasteiger charge is 2.35. The molecule has 1 aromatic rings. The van der Waals surface area contributed by atoms with Crippen LogP contribution in [0.3, 0.4) is 0 Å². The fourth-order valence-electron chi connectivity index (χ4n) is 2.20. The van der Waals surface area contributed by atoms with Gasteiger partial charge in [0.05, 0.1) is 7.11 Å². The summed E-state index contributed by atoms with van der Waals surface area (Å²) in [7, 11) is 1.39. The van der Waals surface area contributed by atoms with Gasteiger partial charge in [0.25, 0.3) is 0 Å². The van der Waals surface area contributed by atoms with Crippen LogP contribution in [-0.2, 0) is 11.3 Å². The molecule has 0 bridgehead atoms. The first-order chi connectivity index (χ1) is 8.24. The summed E-state index contributed by atoms with van der Waals surface area (Å²) in [5, 5.41) is 3.49. The van der Waals surface area contributed by atoms with Gasteiger partial charge in [-0.3, -0.25) is 0 Å². The number of aromatic nitrogens is 1. The monoisotopic (exact) mass is 236 g/mol. The summed E-state index contributed by atoms with van der Waals surface area (Å²) < 4.78 is 4.65. The van der Waals surface area contributed by atoms with Crippen molar-refractivity contribution in [2.24, 2.45) is 5.92 Å². The van der Waals surface area contributed by atoms with Crippen molar-refractivity contribution in [2.75, 3.05) is 7.11 Å². The molecule has 4 nitrogen and oxygen atoms in total. The van der Waals surface area contributed by atoms with E-state index in [2.05, 4.69) is 22.0 Å². The van der Waals surface area contributed by atoms with Crippen LogP contribution >= 0.6 is 0 Å². The number of methoxy groups -OCH3 is 1. The molecule has 2 rings (SSSR count). The first-order valence-corrected chi connectivity index (χ1v) is 6.24. The van der Waals surface area contributed by atoms with Crippen molar-refractivity contribution in [3.63, 3.8) is 0 Å². The van der Waals surface area contributed by atoms with Crippen molar-refractivity contribution < 1.29 is 9.53 Å². The Balaban J connectivity index is 1.76. The van der Waals surface area contributed by atoms with E-state index in [1.807, 2.05) is 6.07 Å². The second-order valence-corrected chi connectivity index (χ2v) is 4.66. The maximum absolute atomic E-state index is 11.2. The molecule has 4 heteroatoms. The Kier molecular flexibility index (Phi) is 3.84. The Morgan fingerprint density at radius 3 is 3.12 bits per heavy atom. The van der Waals surface area contributed by atoms with Crippen LogP contribution in [0.4, 0.5) is 0 Å². The summed E-state index contributed by atoms with van der Waals surface area (Å²) in [6.07, 6.45) is 3.87. The average molecular weight is 236 g/mol. The van der Waals surface area contributed by atoms with E-state index in [-0.39, 0.29) is 5.97 Å². The summed E-state index contributed by atoms with van der Waals surface area (Å²) in [5.74, 6) is 0.543. The van der Waals surface area contributed by atoms with Gasteiger partial charge in [0.1, 0.15) is 5.69 Å². The Hall–Kier alpha value is -1.29. The van der Waals surface area contributed by atoms with Crippen LogP contribution < -0.4 is 5.32 Å². The standard InChI is InChI=1S/C13H20N2O2/c1-3-4-9-7-12(9)14-8-10-5-6-11(15-10)13(16)17-2/h5-6,9,12,14-15H,3-4,7-8H2,1-2H3. The predicted octanol–water partition coefficient (Wildman–Crippen LogP) is 2.08. The molecule has 0 saturated heterocycles. The fourth-order valence-corrected chi connectivity index (χ4v) is 2.20. The lowest BCUT2D eigenvalue weighted by Crippen LogP contribution is -2.18. The zero-order chi connectivity index (χ0) is 12.3. The van der Waals surface area contributed by atoms with Gasteiger partial charge in [-0.1, -0.05) is 13.3 Å². The number of H-pyrrole nitrogens is 1. The lowest BCUT2D eigenvalue weighted by Gasteiger charge is -2.02. The average Bonchev–Trinajstić information content (AvgIpc) is 2.91. The van der Waals surface area contributed by atoms with Crippen molar-refractivity contribution in [1.82, 2.24) is 10.3 Å². The Morgan fingerprint density at radius 2 is 2.41 bits per heavy atom. The molecule has 1 fully saturated rings. The van der Waals surface area contributed by atoms with Gasteiger partial charge in [-0.05, 0) is 30.9 Å². The molecule has 0 aromatic carbocycles. The minimum absolute atomic E-state index is 0.313. The molecule has 1 heterocycles. The van der Waals surface area contributed by atoms with Gasteiger partial charge in [0.2, 0.25) is 0 Å². The molecular weight excluding hydrogens is 216 g/mol. The van der Waals surface area contributed by atoms with E-state index in [0.29, 0.717) is 11.7 Å². The summed E-state index contributed by atoms with van der Waals surface area (Å²) in [6, 6.07) is 4.36. The number of carbonyl (C=O) groups is 1. The molecule has 94 valence electrons. The van der Waals surface area contributed by atoms with Crippen LogP contribution in [0.25, 0.3) is 0 Å². The van der Waals surface area contributed by atoms with E-state index in [1.54, 1.807) is 6.07 Å². The molecule has 1 saturated carbocycles. The third kappa shape index (κ3) is 3.09. The lowest BCUT2D eigenvalue weighted by atomic mass is 10.2. The summed E-state index contributed by atoms with van der Waals surface area (Å²) >= 11 is 0. The minimum Gasteiger partial charge on any atom is -0.464 e. The lowest BCUT2D eigenvalue weighted by molar-refractivity contribution is 0.0594. The molecule has 0 amide bonds. The number of nitrogens with one attached hydrogen (secondary N) is 2. The zero-order valence-corrected chi connectivity index (χ0v) is 10.5. The third-order valence-electron chi connectivity index (χ3n) is 3.29. The van der Waals surface area contributed by atoms with Crippen LogP contribution in [0.5, 0.6) is 0 Å². The molecule has 1 aliphatic carbocycles. The molecule has 2 N–H and O–H groups in total. The van der Waals surface area contributed by atoms with Crippen LogP contribution in [-0.4, -0.2) is 24.1 Å². The number of carbonyl (C=O) groups excluding carboxylic acids is 1. The van der Waals surface area contributed by atoms with E-state index in [0.717, 1.165) is 18.2 Å². The molecule has 2 atom stereocenters. The Bertz CT molecular complexity index is 387. The Morgan fingerprint density at radius 1 is 1.59 bits per heavy atom. The molecule has 0 aliphatic heterocycles. The highest BCUT2D eigenvalue weighted by atomic mass is 16.5. The van der Waals surface area contributed by atoms with Gasteiger partial charge < -0.3 is 15.0 Å². The molecular formula is C13H20N2O2. The molecule has 0 radical (unpaired) electrons. The zero-order valence-electron chi connectivity index (χ0n) is 10.5. The number of ether oxygens (including phenoxy) is 1. The number of hydrogen-bond acceptors (Lipinski definition) is 3. The van der Waals surface area contributed by atoms with Crippen molar-refractivity contribution in [3.8, 4) is 0 Å². The topological polar surface area (TPSA) is 54.1 Å². The van der Waals surface area contributed by atoms with Crippen molar-refractivity contribution >= 4 is 5.97 Å². The van der Waals surface area contributed by atoms with Crippen molar-refractivity contribution in [1.29, 1.82) is 0 Å².